The van der Waals surface area contributed by atoms with Gasteiger partial charge >= 0.3 is 0 Å². The second-order valence-corrected chi connectivity index (χ2v) is 6.85. The second kappa shape index (κ2) is 4.83. The number of likely N-dealkylation sites (tertiary alicyclic amines) is 1. The van der Waals surface area contributed by atoms with Crippen molar-refractivity contribution in [1.29, 1.82) is 0 Å². The van der Waals surface area contributed by atoms with Crippen LogP contribution in [-0.2, 0) is 0 Å². The molecule has 0 aliphatic carbocycles. The van der Waals surface area contributed by atoms with E-state index in [4.69, 9.17) is 4.98 Å². The number of hydrogen-bond acceptors (Lipinski definition) is 3. The van der Waals surface area contributed by atoms with Gasteiger partial charge in [0.05, 0.1) is 17.6 Å². The predicted molar refractivity (Wildman–Crippen MR) is 93.7 cm³/mol. The van der Waals surface area contributed by atoms with Gasteiger partial charge in [-0.05, 0) is 37.4 Å². The van der Waals surface area contributed by atoms with Gasteiger partial charge in [-0.1, -0.05) is 6.07 Å². The van der Waals surface area contributed by atoms with Gasteiger partial charge in [0, 0.05) is 54.3 Å². The lowest BCUT2D eigenvalue weighted by Crippen LogP contribution is -2.52. The minimum absolute atomic E-state index is 0.741. The number of likely N-dealkylation sites (N-methyl/N-ethyl adjacent to an activating group) is 1. The van der Waals surface area contributed by atoms with E-state index >= 15 is 0 Å². The molecule has 0 saturated carbocycles. The highest BCUT2D eigenvalue weighted by molar-refractivity contribution is 5.84. The molecule has 0 spiro atoms. The number of nitrogens with one attached hydrogen (secondary N) is 1. The highest BCUT2D eigenvalue weighted by Crippen LogP contribution is 2.34. The number of aromatic amines is 1. The van der Waals surface area contributed by atoms with Crippen molar-refractivity contribution in [3.05, 3.63) is 48.8 Å². The van der Waals surface area contributed by atoms with Crippen LogP contribution in [0, 0.1) is 5.92 Å². The van der Waals surface area contributed by atoms with Crippen LogP contribution in [0.15, 0.2) is 48.8 Å². The summed E-state index contributed by atoms with van der Waals surface area (Å²) in [5.41, 5.74) is 4.63. The molecule has 1 aromatic carbocycles. The van der Waals surface area contributed by atoms with Crippen molar-refractivity contribution in [1.82, 2.24) is 14.9 Å². The van der Waals surface area contributed by atoms with E-state index in [1.807, 2.05) is 12.4 Å². The maximum Gasteiger partial charge on any atom is 0.0703 e. The molecule has 5 rings (SSSR count). The third-order valence-corrected chi connectivity index (χ3v) is 5.46. The Hall–Kier alpha value is -2.33. The molecule has 2 fully saturated rings. The average molecular weight is 303 g/mol. The number of nitrogens with zero attached hydrogens (tertiary/aromatic N) is 3. The first-order valence-electron chi connectivity index (χ1n) is 8.27. The van der Waals surface area contributed by atoms with E-state index in [-0.39, 0.29) is 0 Å². The SMILES string of the molecule is [11CH3]N1CC2CN(c3ccc(-c4ccc5[nH]ccc5c4)nc3)CC21. The molecule has 23 heavy (non-hydrogen) atoms. The maximum atomic E-state index is 4.71. The zero-order valence-corrected chi connectivity index (χ0v) is 13.2. The molecule has 1 N–H and O–H groups in total. The van der Waals surface area contributed by atoms with Crippen LogP contribution >= 0.6 is 0 Å². The molecular weight excluding hydrogens is 283 g/mol. The Kier molecular flexibility index (Phi) is 2.76. The van der Waals surface area contributed by atoms with Crippen LogP contribution in [0.3, 0.4) is 0 Å². The Morgan fingerprint density at radius 1 is 1.09 bits per heavy atom. The number of aromatic nitrogens is 2. The number of benzene rings is 1. The monoisotopic (exact) mass is 303 g/mol. The Bertz CT molecular complexity index is 851. The molecule has 116 valence electrons. The summed E-state index contributed by atoms with van der Waals surface area (Å²) in [7, 11) is 2.23. The van der Waals surface area contributed by atoms with Crippen LogP contribution in [0.2, 0.25) is 0 Å². The number of rotatable bonds is 2. The zero-order valence-electron chi connectivity index (χ0n) is 13.2. The van der Waals surface area contributed by atoms with Gasteiger partial charge in [-0.25, -0.2) is 0 Å². The van der Waals surface area contributed by atoms with Gasteiger partial charge in [-0.3, -0.25) is 4.98 Å². The lowest BCUT2D eigenvalue weighted by molar-refractivity contribution is 0.0827. The van der Waals surface area contributed by atoms with E-state index in [1.165, 1.54) is 35.2 Å². The summed E-state index contributed by atoms with van der Waals surface area (Å²) in [5, 5.41) is 1.23. The lowest BCUT2D eigenvalue weighted by atomic mass is 9.90. The molecule has 2 aliphatic rings. The third-order valence-electron chi connectivity index (χ3n) is 5.46. The Morgan fingerprint density at radius 3 is 2.83 bits per heavy atom. The van der Waals surface area contributed by atoms with E-state index in [9.17, 15) is 0 Å². The van der Waals surface area contributed by atoms with Crippen molar-refractivity contribution in [2.45, 2.75) is 6.04 Å². The van der Waals surface area contributed by atoms with Gasteiger partial charge in [-0.15, -0.1) is 0 Å². The molecular formula is C19H20N4. The van der Waals surface area contributed by atoms with Gasteiger partial charge in [0.25, 0.3) is 0 Å². The molecule has 4 heterocycles. The molecule has 2 atom stereocenters. The summed E-state index contributed by atoms with van der Waals surface area (Å²) in [5.74, 6) is 0.843. The summed E-state index contributed by atoms with van der Waals surface area (Å²) in [4.78, 5) is 12.9. The molecule has 2 aromatic heterocycles. The molecule has 2 aliphatic heterocycles. The molecule has 4 heteroatoms. The Labute approximate surface area is 135 Å². The van der Waals surface area contributed by atoms with Crippen LogP contribution in [0.4, 0.5) is 5.69 Å². The minimum atomic E-state index is 0.741. The van der Waals surface area contributed by atoms with Crippen molar-refractivity contribution >= 4 is 16.6 Å². The number of anilines is 1. The van der Waals surface area contributed by atoms with Crippen LogP contribution in [0.1, 0.15) is 0 Å². The zero-order chi connectivity index (χ0) is 15.4. The number of hydrogen-bond donors (Lipinski definition) is 1. The maximum absolute atomic E-state index is 4.71. The Morgan fingerprint density at radius 2 is 2.04 bits per heavy atom. The van der Waals surface area contributed by atoms with Crippen molar-refractivity contribution in [3.63, 3.8) is 0 Å². The van der Waals surface area contributed by atoms with Crippen LogP contribution in [0.5, 0.6) is 0 Å². The molecule has 2 saturated heterocycles. The summed E-state index contributed by atoms with van der Waals surface area (Å²) in [6, 6.07) is 13.6. The number of H-pyrrole nitrogens is 1. The number of pyridine rings is 1. The summed E-state index contributed by atoms with van der Waals surface area (Å²) in [6.45, 7) is 3.55. The number of fused-ring (bicyclic) bond motifs is 2. The topological polar surface area (TPSA) is 35.2 Å². The van der Waals surface area contributed by atoms with Crippen LogP contribution in [0.25, 0.3) is 22.2 Å². The van der Waals surface area contributed by atoms with Crippen molar-refractivity contribution in [3.8, 4) is 11.3 Å². The van der Waals surface area contributed by atoms with Crippen molar-refractivity contribution in [2.75, 3.05) is 31.6 Å². The molecule has 0 bridgehead atoms. The van der Waals surface area contributed by atoms with Gasteiger partial charge in [-0.2, -0.15) is 0 Å². The molecule has 0 radical (unpaired) electrons. The summed E-state index contributed by atoms with van der Waals surface area (Å²) in [6.07, 6.45) is 4.01. The molecule has 0 amide bonds. The first-order chi connectivity index (χ1) is 11.3. The summed E-state index contributed by atoms with van der Waals surface area (Å²) < 4.78 is 0. The quantitative estimate of drug-likeness (QED) is 0.790. The average Bonchev–Trinajstić information content (AvgIpc) is 3.18. The predicted octanol–water partition coefficient (Wildman–Crippen LogP) is 2.98. The smallest absolute Gasteiger partial charge is 0.0703 e. The van der Waals surface area contributed by atoms with E-state index in [1.54, 1.807) is 0 Å². The first-order valence-corrected chi connectivity index (χ1v) is 8.27. The van der Waals surface area contributed by atoms with E-state index < -0.39 is 0 Å². The minimum Gasteiger partial charge on any atom is -0.368 e. The first kappa shape index (κ1) is 13.1. The van der Waals surface area contributed by atoms with Gasteiger partial charge < -0.3 is 14.8 Å². The fourth-order valence-corrected chi connectivity index (χ4v) is 4.07. The second-order valence-electron chi connectivity index (χ2n) is 6.85. The van der Waals surface area contributed by atoms with Crippen LogP contribution < -0.4 is 4.90 Å². The highest BCUT2D eigenvalue weighted by Gasteiger charge is 2.43. The fourth-order valence-electron chi connectivity index (χ4n) is 4.07. The van der Waals surface area contributed by atoms with Crippen molar-refractivity contribution < 1.29 is 0 Å². The van der Waals surface area contributed by atoms with E-state index in [0.29, 0.717) is 0 Å². The standard InChI is InChI=1S/C19H20N4/c1-22-10-15-11-23(12-19(15)22)16-3-5-18(21-9-16)13-2-4-17-14(8-13)6-7-20-17/h2-9,15,19-20H,10-12H2,1H3/i1-1. The highest BCUT2D eigenvalue weighted by atomic mass is 15.3. The lowest BCUT2D eigenvalue weighted by Gasteiger charge is -2.40. The van der Waals surface area contributed by atoms with Crippen molar-refractivity contribution in [2.24, 2.45) is 5.92 Å². The van der Waals surface area contributed by atoms with E-state index in [2.05, 4.69) is 58.2 Å². The Balaban J connectivity index is 1.41. The largest absolute Gasteiger partial charge is 0.368 e. The van der Waals surface area contributed by atoms with Gasteiger partial charge in [0.1, 0.15) is 0 Å². The van der Waals surface area contributed by atoms with Gasteiger partial charge in [0.15, 0.2) is 0 Å². The fraction of sp³-hybridized carbons (Fsp3) is 0.316. The normalized spacial score (nSPS) is 24.0. The van der Waals surface area contributed by atoms with Gasteiger partial charge in [0.2, 0.25) is 0 Å². The van der Waals surface area contributed by atoms with E-state index in [0.717, 1.165) is 24.2 Å². The summed E-state index contributed by atoms with van der Waals surface area (Å²) >= 11 is 0. The van der Waals surface area contributed by atoms with Crippen LogP contribution in [-0.4, -0.2) is 47.6 Å². The molecule has 3 aromatic rings. The molecule has 2 unspecified atom stereocenters. The molecule has 4 nitrogen and oxygen atoms in total. The third kappa shape index (κ3) is 2.05.